The van der Waals surface area contributed by atoms with Gasteiger partial charge in [0.1, 0.15) is 0 Å². The van der Waals surface area contributed by atoms with Crippen LogP contribution < -0.4 is 5.32 Å². The Kier molecular flexibility index (Phi) is 3.44. The summed E-state index contributed by atoms with van der Waals surface area (Å²) in [5, 5.41) is 3.52. The molecular weight excluding hydrogens is 220 g/mol. The molecule has 1 atom stereocenters. The summed E-state index contributed by atoms with van der Waals surface area (Å²) in [6.07, 6.45) is 13.2. The zero-order chi connectivity index (χ0) is 12.6. The molecule has 2 aliphatic carbocycles. The van der Waals surface area contributed by atoms with Gasteiger partial charge >= 0.3 is 0 Å². The van der Waals surface area contributed by atoms with Gasteiger partial charge in [0.05, 0.1) is 0 Å². The van der Waals surface area contributed by atoms with Gasteiger partial charge < -0.3 is 5.32 Å². The molecule has 2 nitrogen and oxygen atoms in total. The summed E-state index contributed by atoms with van der Waals surface area (Å²) in [6.45, 7) is 5.04. The van der Waals surface area contributed by atoms with Crippen molar-refractivity contribution >= 4 is 0 Å². The first kappa shape index (κ1) is 12.9. The maximum Gasteiger partial charge on any atom is 0.0174 e. The van der Waals surface area contributed by atoms with E-state index >= 15 is 0 Å². The molecule has 3 fully saturated rings. The fourth-order valence-corrected chi connectivity index (χ4v) is 4.67. The highest BCUT2D eigenvalue weighted by atomic mass is 15.2. The highest BCUT2D eigenvalue weighted by Crippen LogP contribution is 2.54. The van der Waals surface area contributed by atoms with Gasteiger partial charge in [-0.05, 0) is 57.9 Å². The van der Waals surface area contributed by atoms with Crippen molar-refractivity contribution in [1.29, 1.82) is 0 Å². The second-order valence-corrected chi connectivity index (χ2v) is 7.32. The molecule has 3 aliphatic rings. The number of likely N-dealkylation sites (tertiary alicyclic amines) is 1. The van der Waals surface area contributed by atoms with Crippen molar-refractivity contribution in [3.63, 3.8) is 0 Å². The van der Waals surface area contributed by atoms with Crippen LogP contribution in [0.15, 0.2) is 0 Å². The van der Waals surface area contributed by atoms with E-state index < -0.39 is 0 Å². The fourth-order valence-electron chi connectivity index (χ4n) is 4.67. The predicted molar refractivity (Wildman–Crippen MR) is 76.8 cm³/mol. The molecule has 2 saturated carbocycles. The monoisotopic (exact) mass is 250 g/mol. The molecule has 1 aliphatic heterocycles. The van der Waals surface area contributed by atoms with Gasteiger partial charge in [-0.2, -0.15) is 0 Å². The average molecular weight is 250 g/mol. The predicted octanol–water partition coefficient (Wildman–Crippen LogP) is 3.17. The van der Waals surface area contributed by atoms with Gasteiger partial charge in [-0.1, -0.05) is 19.3 Å². The van der Waals surface area contributed by atoms with Crippen LogP contribution in [0, 0.1) is 5.41 Å². The largest absolute Gasteiger partial charge is 0.314 e. The van der Waals surface area contributed by atoms with Gasteiger partial charge in [-0.15, -0.1) is 0 Å². The van der Waals surface area contributed by atoms with Gasteiger partial charge in [-0.3, -0.25) is 4.90 Å². The molecule has 0 radical (unpaired) electrons. The van der Waals surface area contributed by atoms with Crippen LogP contribution in [0.3, 0.4) is 0 Å². The summed E-state index contributed by atoms with van der Waals surface area (Å²) in [5.74, 6) is 0. The summed E-state index contributed by atoms with van der Waals surface area (Å²) in [5.41, 5.74) is 1.16. The molecule has 0 aromatic rings. The molecule has 1 spiro atoms. The second-order valence-electron chi connectivity index (χ2n) is 7.32. The molecule has 0 aromatic heterocycles. The van der Waals surface area contributed by atoms with E-state index in [1.165, 1.54) is 70.9 Å². The van der Waals surface area contributed by atoms with Crippen LogP contribution in [0.2, 0.25) is 0 Å². The third kappa shape index (κ3) is 2.12. The Bertz CT molecular complexity index is 285. The lowest BCUT2D eigenvalue weighted by Gasteiger charge is -2.58. The smallest absolute Gasteiger partial charge is 0.0174 e. The van der Waals surface area contributed by atoms with Crippen LogP contribution in [-0.4, -0.2) is 36.6 Å². The van der Waals surface area contributed by atoms with E-state index in [4.69, 9.17) is 0 Å². The molecule has 2 heteroatoms. The lowest BCUT2D eigenvalue weighted by atomic mass is 9.56. The van der Waals surface area contributed by atoms with E-state index in [1.54, 1.807) is 0 Å². The second kappa shape index (κ2) is 4.79. The fraction of sp³-hybridized carbons (Fsp3) is 1.00. The number of hydrogen-bond donors (Lipinski definition) is 1. The maximum atomic E-state index is 3.52. The maximum absolute atomic E-state index is 3.52. The van der Waals surface area contributed by atoms with E-state index in [0.29, 0.717) is 5.54 Å². The van der Waals surface area contributed by atoms with Crippen molar-refractivity contribution in [2.45, 2.75) is 76.3 Å². The van der Waals surface area contributed by atoms with Gasteiger partial charge in [0.2, 0.25) is 0 Å². The first-order valence-corrected chi connectivity index (χ1v) is 8.11. The molecule has 0 amide bonds. The van der Waals surface area contributed by atoms with E-state index in [0.717, 1.165) is 11.5 Å². The summed E-state index contributed by atoms with van der Waals surface area (Å²) >= 11 is 0. The minimum Gasteiger partial charge on any atom is -0.314 e. The van der Waals surface area contributed by atoms with Crippen LogP contribution >= 0.6 is 0 Å². The number of nitrogens with one attached hydrogen (secondary N) is 1. The third-order valence-electron chi connectivity index (χ3n) is 6.42. The molecule has 1 unspecified atom stereocenters. The highest BCUT2D eigenvalue weighted by Gasteiger charge is 2.50. The lowest BCUT2D eigenvalue weighted by molar-refractivity contribution is -0.0670. The topological polar surface area (TPSA) is 15.3 Å². The van der Waals surface area contributed by atoms with Crippen molar-refractivity contribution in [3.05, 3.63) is 0 Å². The Labute approximate surface area is 113 Å². The zero-order valence-electron chi connectivity index (χ0n) is 12.3. The Balaban J connectivity index is 1.60. The SMILES string of the molecule is CNC1(C)CCN(C2CCC23CCCCC3)CC1. The van der Waals surface area contributed by atoms with Crippen LogP contribution in [-0.2, 0) is 0 Å². The van der Waals surface area contributed by atoms with E-state index in [2.05, 4.69) is 24.2 Å². The van der Waals surface area contributed by atoms with Crippen molar-refractivity contribution in [3.8, 4) is 0 Å². The summed E-state index contributed by atoms with van der Waals surface area (Å²) < 4.78 is 0. The van der Waals surface area contributed by atoms with E-state index in [1.807, 2.05) is 0 Å². The van der Waals surface area contributed by atoms with Crippen molar-refractivity contribution in [1.82, 2.24) is 10.2 Å². The first-order chi connectivity index (χ1) is 8.68. The Hall–Kier alpha value is -0.0800. The summed E-state index contributed by atoms with van der Waals surface area (Å²) in [7, 11) is 2.13. The van der Waals surface area contributed by atoms with Crippen LogP contribution in [0.25, 0.3) is 0 Å². The molecule has 1 N–H and O–H groups in total. The van der Waals surface area contributed by atoms with Crippen LogP contribution in [0.4, 0.5) is 0 Å². The highest BCUT2D eigenvalue weighted by molar-refractivity contribution is 5.04. The zero-order valence-corrected chi connectivity index (χ0v) is 12.3. The van der Waals surface area contributed by atoms with Crippen LogP contribution in [0.5, 0.6) is 0 Å². The summed E-state index contributed by atoms with van der Waals surface area (Å²) in [4.78, 5) is 2.84. The molecule has 1 heterocycles. The van der Waals surface area contributed by atoms with Crippen molar-refractivity contribution < 1.29 is 0 Å². The van der Waals surface area contributed by atoms with E-state index in [-0.39, 0.29) is 0 Å². The minimum absolute atomic E-state index is 0.403. The molecule has 3 rings (SSSR count). The Morgan fingerprint density at radius 3 is 2.11 bits per heavy atom. The number of rotatable bonds is 2. The molecule has 1 saturated heterocycles. The van der Waals surface area contributed by atoms with Crippen molar-refractivity contribution in [2.75, 3.05) is 20.1 Å². The minimum atomic E-state index is 0.403. The number of piperidine rings is 1. The van der Waals surface area contributed by atoms with Gasteiger partial charge in [0, 0.05) is 24.7 Å². The Morgan fingerprint density at radius 1 is 0.944 bits per heavy atom. The van der Waals surface area contributed by atoms with Gasteiger partial charge in [-0.25, -0.2) is 0 Å². The molecule has 18 heavy (non-hydrogen) atoms. The molecule has 0 bridgehead atoms. The average Bonchev–Trinajstić information content (AvgIpc) is 2.41. The number of hydrogen-bond acceptors (Lipinski definition) is 2. The standard InChI is InChI=1S/C16H30N2/c1-15(17-2)10-12-18(13-11-15)14-6-9-16(14)7-4-3-5-8-16/h14,17H,3-13H2,1-2H3. The quantitative estimate of drug-likeness (QED) is 0.810. The van der Waals surface area contributed by atoms with E-state index in [9.17, 15) is 0 Å². The lowest BCUT2D eigenvalue weighted by Crippen LogP contribution is -2.60. The normalized spacial score (nSPS) is 35.3. The van der Waals surface area contributed by atoms with Crippen molar-refractivity contribution in [2.24, 2.45) is 5.41 Å². The molecule has 0 aromatic carbocycles. The van der Waals surface area contributed by atoms with Crippen LogP contribution in [0.1, 0.15) is 64.7 Å². The Morgan fingerprint density at radius 2 is 1.61 bits per heavy atom. The molecule has 104 valence electrons. The summed E-state index contributed by atoms with van der Waals surface area (Å²) in [6, 6.07) is 0.944. The number of nitrogens with zero attached hydrogens (tertiary/aromatic N) is 1. The molecular formula is C16H30N2. The van der Waals surface area contributed by atoms with Gasteiger partial charge in [0.15, 0.2) is 0 Å². The van der Waals surface area contributed by atoms with Gasteiger partial charge in [0.25, 0.3) is 0 Å². The third-order valence-corrected chi connectivity index (χ3v) is 6.42. The first-order valence-electron chi connectivity index (χ1n) is 8.11.